The van der Waals surface area contributed by atoms with Crippen molar-refractivity contribution in [2.45, 2.75) is 16.1 Å². The largest absolute Gasteiger partial charge is 0.456 e. The molecular formula is C42H27NOS. The summed E-state index contributed by atoms with van der Waals surface area (Å²) in [6, 6.07) is 46.1. The van der Waals surface area contributed by atoms with Gasteiger partial charge in [-0.15, -0.1) is 11.8 Å². The van der Waals surface area contributed by atoms with E-state index in [9.17, 15) is 0 Å². The molecule has 6 aromatic carbocycles. The molecule has 8 aromatic rings. The number of hydrogen-bond donors (Lipinski definition) is 0. The van der Waals surface area contributed by atoms with Crippen molar-refractivity contribution in [2.24, 2.45) is 0 Å². The van der Waals surface area contributed by atoms with Gasteiger partial charge in [0.25, 0.3) is 0 Å². The van der Waals surface area contributed by atoms with Crippen molar-refractivity contribution in [1.29, 1.82) is 0 Å². The maximum absolute atomic E-state index is 6.63. The number of rotatable bonds is 3. The van der Waals surface area contributed by atoms with Crippen molar-refractivity contribution >= 4 is 55.5 Å². The molecule has 1 aliphatic heterocycles. The molecule has 0 bridgehead atoms. The van der Waals surface area contributed by atoms with E-state index in [-0.39, 0.29) is 0 Å². The van der Waals surface area contributed by atoms with Crippen LogP contribution >= 0.6 is 11.8 Å². The number of furan rings is 1. The molecule has 2 atom stereocenters. The predicted octanol–water partition coefficient (Wildman–Crippen LogP) is 11.7. The van der Waals surface area contributed by atoms with Crippen LogP contribution < -0.4 is 0 Å². The lowest BCUT2D eigenvalue weighted by atomic mass is 9.89. The number of fused-ring (bicyclic) bond motifs is 9. The van der Waals surface area contributed by atoms with Gasteiger partial charge in [-0.05, 0) is 64.2 Å². The highest BCUT2D eigenvalue weighted by atomic mass is 32.2. The highest BCUT2D eigenvalue weighted by molar-refractivity contribution is 8.00. The number of aromatic nitrogens is 1. The minimum Gasteiger partial charge on any atom is -0.456 e. The highest BCUT2D eigenvalue weighted by Gasteiger charge is 2.33. The van der Waals surface area contributed by atoms with Gasteiger partial charge in [-0.25, -0.2) is 0 Å². The van der Waals surface area contributed by atoms with E-state index in [1.807, 2.05) is 11.8 Å². The van der Waals surface area contributed by atoms with Crippen molar-refractivity contribution in [2.75, 3.05) is 0 Å². The maximum Gasteiger partial charge on any atom is 0.137 e. The van der Waals surface area contributed by atoms with E-state index in [0.717, 1.165) is 22.2 Å². The molecule has 2 aromatic heterocycles. The Labute approximate surface area is 264 Å². The topological polar surface area (TPSA) is 18.1 Å². The first-order valence-corrected chi connectivity index (χ1v) is 16.4. The molecule has 0 spiro atoms. The molecule has 1 aliphatic carbocycles. The van der Waals surface area contributed by atoms with E-state index in [2.05, 4.69) is 156 Å². The van der Waals surface area contributed by atoms with Crippen LogP contribution in [-0.2, 0) is 0 Å². The Morgan fingerprint density at radius 2 is 1.38 bits per heavy atom. The first kappa shape index (κ1) is 25.1. The van der Waals surface area contributed by atoms with Crippen LogP contribution in [0.15, 0.2) is 161 Å². The zero-order chi connectivity index (χ0) is 29.5. The fourth-order valence-corrected chi connectivity index (χ4v) is 8.99. The summed E-state index contributed by atoms with van der Waals surface area (Å²) in [5, 5.41) is 5.29. The van der Waals surface area contributed by atoms with E-state index in [0.29, 0.717) is 11.2 Å². The van der Waals surface area contributed by atoms with E-state index >= 15 is 0 Å². The van der Waals surface area contributed by atoms with Gasteiger partial charge in [0.15, 0.2) is 0 Å². The summed E-state index contributed by atoms with van der Waals surface area (Å²) in [4.78, 5) is 1.39. The molecule has 0 N–H and O–H groups in total. The normalized spacial score (nSPS) is 17.1. The highest BCUT2D eigenvalue weighted by Crippen LogP contribution is 2.53. The minimum atomic E-state index is 0.438. The molecular weight excluding hydrogens is 567 g/mol. The summed E-state index contributed by atoms with van der Waals surface area (Å²) in [6.45, 7) is 0. The van der Waals surface area contributed by atoms with Crippen molar-refractivity contribution in [3.63, 3.8) is 0 Å². The molecule has 212 valence electrons. The lowest BCUT2D eigenvalue weighted by Gasteiger charge is -2.14. The summed E-state index contributed by atoms with van der Waals surface area (Å²) in [5.74, 6) is 0.438. The fourth-order valence-electron chi connectivity index (χ4n) is 7.52. The summed E-state index contributed by atoms with van der Waals surface area (Å²) < 4.78 is 9.00. The van der Waals surface area contributed by atoms with Gasteiger partial charge in [0.2, 0.25) is 0 Å². The second kappa shape index (κ2) is 9.62. The molecule has 2 unspecified atom stereocenters. The fraction of sp³-hybridized carbons (Fsp3) is 0.0476. The van der Waals surface area contributed by atoms with Crippen molar-refractivity contribution < 1.29 is 4.42 Å². The second-order valence-corrected chi connectivity index (χ2v) is 13.2. The number of thioether (sulfide) groups is 1. The van der Waals surface area contributed by atoms with Gasteiger partial charge >= 0.3 is 0 Å². The van der Waals surface area contributed by atoms with Gasteiger partial charge in [-0.3, -0.25) is 0 Å². The van der Waals surface area contributed by atoms with Gasteiger partial charge in [-0.2, -0.15) is 0 Å². The van der Waals surface area contributed by atoms with Crippen molar-refractivity contribution in [1.82, 2.24) is 4.57 Å². The number of para-hydroxylation sites is 1. The van der Waals surface area contributed by atoms with E-state index in [1.54, 1.807) is 0 Å². The van der Waals surface area contributed by atoms with Gasteiger partial charge in [-0.1, -0.05) is 109 Å². The Bertz CT molecular complexity index is 2530. The molecule has 0 saturated heterocycles. The van der Waals surface area contributed by atoms with Gasteiger partial charge < -0.3 is 8.98 Å². The lowest BCUT2D eigenvalue weighted by molar-refractivity contribution is 0.668. The first-order valence-electron chi connectivity index (χ1n) is 15.5. The molecule has 0 amide bonds. The molecule has 0 fully saturated rings. The van der Waals surface area contributed by atoms with Crippen LogP contribution in [-0.4, -0.2) is 9.82 Å². The Kier molecular flexibility index (Phi) is 5.37. The van der Waals surface area contributed by atoms with Crippen LogP contribution in [0.4, 0.5) is 0 Å². The van der Waals surface area contributed by atoms with Gasteiger partial charge in [0.1, 0.15) is 11.2 Å². The number of nitrogens with zero attached hydrogens (tertiary/aromatic N) is 1. The van der Waals surface area contributed by atoms with Crippen molar-refractivity contribution in [3.05, 3.63) is 157 Å². The van der Waals surface area contributed by atoms with E-state index in [4.69, 9.17) is 4.42 Å². The number of allylic oxidation sites excluding steroid dienone is 3. The Hall–Kier alpha value is -5.25. The molecule has 2 nitrogen and oxygen atoms in total. The van der Waals surface area contributed by atoms with E-state index in [1.165, 1.54) is 59.9 Å². The van der Waals surface area contributed by atoms with Crippen LogP contribution in [0, 0.1) is 0 Å². The minimum absolute atomic E-state index is 0.438. The van der Waals surface area contributed by atoms with E-state index < -0.39 is 0 Å². The van der Waals surface area contributed by atoms with Gasteiger partial charge in [0.05, 0.1) is 11.0 Å². The SMILES string of the molecule is C1=CC2Sc3c(-c4cccc5oc6cc(-n7c8ccccc8c8cc(-c9ccccc9)ccc87)ccc6c45)cccc3C2C=C1. The zero-order valence-corrected chi connectivity index (χ0v) is 25.2. The third kappa shape index (κ3) is 3.71. The third-order valence-corrected chi connectivity index (χ3v) is 11.0. The second-order valence-electron chi connectivity index (χ2n) is 12.0. The van der Waals surface area contributed by atoms with Crippen LogP contribution in [0.3, 0.4) is 0 Å². The number of hydrogen-bond acceptors (Lipinski definition) is 2. The molecule has 0 saturated carbocycles. The maximum atomic E-state index is 6.63. The molecule has 0 radical (unpaired) electrons. The van der Waals surface area contributed by atoms with Gasteiger partial charge in [0, 0.05) is 49.4 Å². The van der Waals surface area contributed by atoms with Crippen LogP contribution in [0.1, 0.15) is 11.5 Å². The Balaban J connectivity index is 1.15. The van der Waals surface area contributed by atoms with Crippen molar-refractivity contribution in [3.8, 4) is 27.9 Å². The average molecular weight is 594 g/mol. The molecule has 3 heteroatoms. The summed E-state index contributed by atoms with van der Waals surface area (Å²) in [6.07, 6.45) is 9.05. The lowest BCUT2D eigenvalue weighted by Crippen LogP contribution is -2.06. The van der Waals surface area contributed by atoms with Crippen LogP contribution in [0.2, 0.25) is 0 Å². The monoisotopic (exact) mass is 593 g/mol. The molecule has 3 heterocycles. The number of benzene rings is 6. The van der Waals surface area contributed by atoms with Crippen LogP contribution in [0.25, 0.3) is 71.7 Å². The molecule has 2 aliphatic rings. The molecule has 10 rings (SSSR count). The predicted molar refractivity (Wildman–Crippen MR) is 190 cm³/mol. The third-order valence-electron chi connectivity index (χ3n) is 9.55. The van der Waals surface area contributed by atoms with Crippen LogP contribution in [0.5, 0.6) is 0 Å². The zero-order valence-electron chi connectivity index (χ0n) is 24.4. The molecule has 45 heavy (non-hydrogen) atoms. The Morgan fingerprint density at radius 3 is 2.33 bits per heavy atom. The summed E-state index contributed by atoms with van der Waals surface area (Å²) in [5.41, 5.74) is 11.7. The summed E-state index contributed by atoms with van der Waals surface area (Å²) >= 11 is 1.99. The standard InChI is InChI=1S/C42H27NOS/c1-2-10-26(11-3-1)27-20-23-37-35(24-27)29-12-4-6-17-36(29)43(37)28-21-22-34-39(25-28)44-38-18-9-14-31(41(34)38)33-16-8-15-32-30-13-5-7-19-40(30)45-42(32)33/h1-25,30,40H. The first-order chi connectivity index (χ1) is 22.3. The quantitative estimate of drug-likeness (QED) is 0.203. The average Bonchev–Trinajstić information content (AvgIpc) is 3.77. The smallest absolute Gasteiger partial charge is 0.137 e. The summed E-state index contributed by atoms with van der Waals surface area (Å²) in [7, 11) is 0. The Morgan fingerprint density at radius 1 is 0.556 bits per heavy atom.